The molecule has 2 nitrogen and oxygen atoms in total. The highest BCUT2D eigenvalue weighted by molar-refractivity contribution is 8.06. The van der Waals surface area contributed by atoms with Gasteiger partial charge in [0.15, 0.2) is 0 Å². The number of allylic oxidation sites excluding steroid dienone is 3. The molecule has 0 saturated heterocycles. The van der Waals surface area contributed by atoms with Gasteiger partial charge in [-0.2, -0.15) is 0 Å². The Labute approximate surface area is 123 Å². The predicted molar refractivity (Wildman–Crippen MR) is 83.0 cm³/mol. The third-order valence-corrected chi connectivity index (χ3v) is 5.34. The van der Waals surface area contributed by atoms with Crippen LogP contribution in [0.1, 0.15) is 30.4 Å². The van der Waals surface area contributed by atoms with Gasteiger partial charge in [0.2, 0.25) is 0 Å². The van der Waals surface area contributed by atoms with Crippen LogP contribution in [-0.4, -0.2) is 13.4 Å². The van der Waals surface area contributed by atoms with Crippen LogP contribution in [0, 0.1) is 5.92 Å². The molecule has 2 unspecified atom stereocenters. The average Bonchev–Trinajstić information content (AvgIpc) is 2.91. The van der Waals surface area contributed by atoms with Crippen molar-refractivity contribution in [2.45, 2.75) is 25.7 Å². The summed E-state index contributed by atoms with van der Waals surface area (Å²) in [5.41, 5.74) is 3.69. The van der Waals surface area contributed by atoms with Gasteiger partial charge >= 0.3 is 0 Å². The summed E-state index contributed by atoms with van der Waals surface area (Å²) in [6, 6.07) is 6.09. The average molecular weight is 286 g/mol. The van der Waals surface area contributed by atoms with Crippen molar-refractivity contribution in [1.29, 1.82) is 0 Å². The third kappa shape index (κ3) is 2.20. The van der Waals surface area contributed by atoms with Crippen LogP contribution in [0.15, 0.2) is 40.2 Å². The van der Waals surface area contributed by atoms with Gasteiger partial charge in [-0.05, 0) is 52.0 Å². The molecule has 0 N–H and O–H groups in total. The first-order chi connectivity index (χ1) is 9.74. The lowest BCUT2D eigenvalue weighted by Crippen LogP contribution is -2.16. The molecule has 1 aromatic carbocycles. The smallest absolute Gasteiger partial charge is 0.131 e. The van der Waals surface area contributed by atoms with Crippen molar-refractivity contribution < 1.29 is 9.53 Å². The van der Waals surface area contributed by atoms with Crippen LogP contribution in [-0.2, 0) is 11.2 Å². The number of rotatable bonds is 2. The highest BCUT2D eigenvalue weighted by Crippen LogP contribution is 2.45. The highest BCUT2D eigenvalue weighted by atomic mass is 32.2. The Morgan fingerprint density at radius 3 is 2.85 bits per heavy atom. The molecule has 0 aromatic heterocycles. The largest absolute Gasteiger partial charge is 0.497 e. The van der Waals surface area contributed by atoms with Crippen molar-refractivity contribution in [1.82, 2.24) is 0 Å². The van der Waals surface area contributed by atoms with Crippen LogP contribution in [0.5, 0.6) is 5.75 Å². The number of ether oxygens (including phenoxy) is 1. The van der Waals surface area contributed by atoms with E-state index >= 15 is 0 Å². The molecule has 2 atom stereocenters. The van der Waals surface area contributed by atoms with Crippen LogP contribution < -0.4 is 4.74 Å². The van der Waals surface area contributed by atoms with Crippen LogP contribution >= 0.6 is 11.8 Å². The zero-order valence-corrected chi connectivity index (χ0v) is 12.6. The van der Waals surface area contributed by atoms with Crippen LogP contribution in [0.2, 0.25) is 0 Å². The van der Waals surface area contributed by atoms with E-state index in [-0.39, 0.29) is 5.92 Å². The van der Waals surface area contributed by atoms with E-state index < -0.39 is 0 Å². The highest BCUT2D eigenvalue weighted by Gasteiger charge is 2.29. The Morgan fingerprint density at radius 2 is 2.20 bits per heavy atom. The summed E-state index contributed by atoms with van der Waals surface area (Å²) >= 11 is 1.77. The second kappa shape index (κ2) is 5.49. The maximum Gasteiger partial charge on any atom is 0.131 e. The monoisotopic (exact) mass is 286 g/mol. The summed E-state index contributed by atoms with van der Waals surface area (Å²) in [4.78, 5) is 13.0. The van der Waals surface area contributed by atoms with E-state index in [2.05, 4.69) is 24.5 Å². The molecule has 2 aliphatic rings. The van der Waals surface area contributed by atoms with Gasteiger partial charge in [-0.1, -0.05) is 19.1 Å². The standard InChI is InChI=1S/C17H18O2S/c1-11-7-8-20-17(11)14-6-4-12-3-5-13(19-2)9-15(12)16(14)10-18/h3,5,7-11,16H,4,6H2,1-2H3. The molecule has 1 aliphatic heterocycles. The molecule has 104 valence electrons. The molecular formula is C17H18O2S. The fourth-order valence-electron chi connectivity index (χ4n) is 3.05. The van der Waals surface area contributed by atoms with E-state index in [4.69, 9.17) is 4.74 Å². The van der Waals surface area contributed by atoms with Crippen molar-refractivity contribution in [3.8, 4) is 5.75 Å². The van der Waals surface area contributed by atoms with E-state index in [1.807, 2.05) is 12.1 Å². The molecule has 0 fully saturated rings. The molecule has 0 spiro atoms. The fourth-order valence-corrected chi connectivity index (χ4v) is 4.19. The molecule has 3 heteroatoms. The minimum atomic E-state index is -0.112. The number of aldehydes is 1. The van der Waals surface area contributed by atoms with Gasteiger partial charge in [0.1, 0.15) is 12.0 Å². The lowest BCUT2D eigenvalue weighted by Gasteiger charge is -2.27. The predicted octanol–water partition coefficient (Wildman–Crippen LogP) is 4.07. The number of hydrogen-bond acceptors (Lipinski definition) is 3. The Balaban J connectivity index is 2.07. The number of fused-ring (bicyclic) bond motifs is 1. The number of benzene rings is 1. The number of thioether (sulfide) groups is 1. The molecular weight excluding hydrogens is 268 g/mol. The number of aryl methyl sites for hydroxylation is 1. The number of hydrogen-bond donors (Lipinski definition) is 0. The zero-order valence-electron chi connectivity index (χ0n) is 11.8. The van der Waals surface area contributed by atoms with Crippen LogP contribution in [0.25, 0.3) is 0 Å². The second-order valence-corrected chi connectivity index (χ2v) is 6.25. The van der Waals surface area contributed by atoms with Gasteiger partial charge in [-0.15, -0.1) is 11.8 Å². The first-order valence-electron chi connectivity index (χ1n) is 6.93. The summed E-state index contributed by atoms with van der Waals surface area (Å²) in [7, 11) is 1.67. The molecule has 0 saturated carbocycles. The number of methoxy groups -OCH3 is 1. The summed E-state index contributed by atoms with van der Waals surface area (Å²) in [5.74, 6) is 1.15. The lowest BCUT2D eigenvalue weighted by atomic mass is 9.78. The number of carbonyl (C=O) groups is 1. The van der Waals surface area contributed by atoms with Crippen LogP contribution in [0.3, 0.4) is 0 Å². The quantitative estimate of drug-likeness (QED) is 0.766. The van der Waals surface area contributed by atoms with Crippen LogP contribution in [0.4, 0.5) is 0 Å². The lowest BCUT2D eigenvalue weighted by molar-refractivity contribution is -0.108. The molecule has 0 radical (unpaired) electrons. The van der Waals surface area contributed by atoms with Crippen molar-refractivity contribution in [3.05, 3.63) is 51.3 Å². The van der Waals surface area contributed by atoms with E-state index in [0.29, 0.717) is 5.92 Å². The van der Waals surface area contributed by atoms with Gasteiger partial charge in [0.25, 0.3) is 0 Å². The first kappa shape index (κ1) is 13.5. The molecule has 1 heterocycles. The Morgan fingerprint density at radius 1 is 1.35 bits per heavy atom. The maximum absolute atomic E-state index is 11.7. The first-order valence-corrected chi connectivity index (χ1v) is 7.81. The van der Waals surface area contributed by atoms with Gasteiger partial charge in [0.05, 0.1) is 13.0 Å². The molecule has 0 bridgehead atoms. The Bertz CT molecular complexity index is 601. The number of carbonyl (C=O) groups excluding carboxylic acids is 1. The molecule has 20 heavy (non-hydrogen) atoms. The summed E-state index contributed by atoms with van der Waals surface area (Å²) in [5, 5.41) is 2.13. The van der Waals surface area contributed by atoms with Crippen molar-refractivity contribution in [2.75, 3.05) is 7.11 Å². The fraction of sp³-hybridized carbons (Fsp3) is 0.353. The van der Waals surface area contributed by atoms with E-state index in [0.717, 1.165) is 30.4 Å². The zero-order chi connectivity index (χ0) is 14.1. The van der Waals surface area contributed by atoms with Gasteiger partial charge in [0, 0.05) is 5.92 Å². The third-order valence-electron chi connectivity index (χ3n) is 4.16. The SMILES string of the molecule is COc1ccc2c(c1)C(C=O)C(=C1SC=CC1C)CC2. The minimum Gasteiger partial charge on any atom is -0.497 e. The van der Waals surface area contributed by atoms with Gasteiger partial charge in [-0.25, -0.2) is 0 Å². The second-order valence-electron chi connectivity index (χ2n) is 5.30. The van der Waals surface area contributed by atoms with E-state index in [1.54, 1.807) is 18.9 Å². The topological polar surface area (TPSA) is 26.3 Å². The molecule has 1 aromatic rings. The van der Waals surface area contributed by atoms with Gasteiger partial charge < -0.3 is 9.53 Å². The van der Waals surface area contributed by atoms with Crippen molar-refractivity contribution >= 4 is 18.0 Å². The van der Waals surface area contributed by atoms with Crippen molar-refractivity contribution in [2.24, 2.45) is 5.92 Å². The van der Waals surface area contributed by atoms with E-state index in [1.165, 1.54) is 16.0 Å². The minimum absolute atomic E-state index is 0.112. The Hall–Kier alpha value is -1.48. The summed E-state index contributed by atoms with van der Waals surface area (Å²) in [6.07, 6.45) is 5.29. The molecule has 3 rings (SSSR count). The normalized spacial score (nSPS) is 28.3. The van der Waals surface area contributed by atoms with E-state index in [9.17, 15) is 4.79 Å². The summed E-state index contributed by atoms with van der Waals surface area (Å²) < 4.78 is 5.31. The molecule has 0 amide bonds. The van der Waals surface area contributed by atoms with Crippen molar-refractivity contribution in [3.63, 3.8) is 0 Å². The maximum atomic E-state index is 11.7. The van der Waals surface area contributed by atoms with Gasteiger partial charge in [-0.3, -0.25) is 0 Å². The Kier molecular flexibility index (Phi) is 3.70. The summed E-state index contributed by atoms with van der Waals surface area (Å²) in [6.45, 7) is 2.20. The molecule has 1 aliphatic carbocycles.